The van der Waals surface area contributed by atoms with Crippen LogP contribution in [0, 0.1) is 17.4 Å². The lowest BCUT2D eigenvalue weighted by molar-refractivity contribution is 1.01. The predicted molar refractivity (Wildman–Crippen MR) is 150 cm³/mol. The Morgan fingerprint density at radius 2 is 1.28 bits per heavy atom. The van der Waals surface area contributed by atoms with E-state index in [-0.39, 0.29) is 5.92 Å². The first kappa shape index (κ1) is 20.9. The van der Waals surface area contributed by atoms with Gasteiger partial charge >= 0.3 is 0 Å². The van der Waals surface area contributed by atoms with Gasteiger partial charge in [-0.3, -0.25) is 0 Å². The Morgan fingerprint density at radius 3 is 2.03 bits per heavy atom. The van der Waals surface area contributed by atoms with E-state index in [4.69, 9.17) is 0 Å². The summed E-state index contributed by atoms with van der Waals surface area (Å²) in [5, 5.41) is 5.27. The molecule has 5 aromatic rings. The third kappa shape index (κ3) is 3.22. The molecule has 0 nitrogen and oxygen atoms in total. The first-order valence-corrected chi connectivity index (χ1v) is 12.7. The van der Waals surface area contributed by atoms with E-state index < -0.39 is 0 Å². The van der Waals surface area contributed by atoms with E-state index in [0.717, 1.165) is 0 Å². The van der Waals surface area contributed by atoms with Crippen molar-refractivity contribution in [2.24, 2.45) is 0 Å². The molecule has 0 heterocycles. The molecule has 0 aliphatic heterocycles. The van der Waals surface area contributed by atoms with Crippen LogP contribution in [-0.2, 0) is 0 Å². The standard InChI is InChI=1S/C36H26/c1-24-11-10-17-27-19-20-31(34(24)27)36-32(22-21-30-29-18-9-8-16-28(29)23-33(30)36)35(25-12-4-2-5-13-25)26-14-6-3-7-15-26/h2-23,31H,1H3. The highest BCUT2D eigenvalue weighted by Gasteiger charge is 2.26. The maximum Gasteiger partial charge on any atom is 0.0293 e. The van der Waals surface area contributed by atoms with E-state index in [0.29, 0.717) is 0 Å². The minimum Gasteiger partial charge on any atom is -0.0720 e. The molecule has 0 bridgehead atoms. The van der Waals surface area contributed by atoms with Crippen molar-refractivity contribution >= 4 is 17.7 Å². The van der Waals surface area contributed by atoms with Crippen molar-refractivity contribution in [3.63, 3.8) is 0 Å². The van der Waals surface area contributed by atoms with Gasteiger partial charge in [0.25, 0.3) is 0 Å². The highest BCUT2D eigenvalue weighted by molar-refractivity contribution is 5.82. The Hall–Kier alpha value is -4.42. The number of allylic oxidation sites excluding steroid dienone is 1. The maximum atomic E-state index is 2.40. The average molecular weight is 459 g/mol. The summed E-state index contributed by atoms with van der Waals surface area (Å²) in [5.74, 6) is 0.208. The summed E-state index contributed by atoms with van der Waals surface area (Å²) in [6, 6.07) is 41.9. The van der Waals surface area contributed by atoms with Crippen molar-refractivity contribution in [3.8, 4) is 0 Å². The second kappa shape index (κ2) is 8.36. The van der Waals surface area contributed by atoms with E-state index in [1.807, 2.05) is 0 Å². The molecule has 0 saturated heterocycles. The fraction of sp³-hybridized carbons (Fsp3) is 0.0556. The van der Waals surface area contributed by atoms with Crippen molar-refractivity contribution < 1.29 is 0 Å². The topological polar surface area (TPSA) is 0 Å². The molecule has 1 atom stereocenters. The van der Waals surface area contributed by atoms with E-state index >= 15 is 0 Å². The van der Waals surface area contributed by atoms with Gasteiger partial charge in [-0.2, -0.15) is 0 Å². The van der Waals surface area contributed by atoms with Crippen molar-refractivity contribution in [1.29, 1.82) is 0 Å². The zero-order valence-electron chi connectivity index (χ0n) is 20.3. The van der Waals surface area contributed by atoms with Crippen molar-refractivity contribution in [1.82, 2.24) is 0 Å². The van der Waals surface area contributed by atoms with Gasteiger partial charge in [-0.15, -0.1) is 0 Å². The fourth-order valence-corrected chi connectivity index (χ4v) is 6.10. The first-order valence-electron chi connectivity index (χ1n) is 12.7. The molecule has 0 spiro atoms. The predicted octanol–water partition coefficient (Wildman–Crippen LogP) is 6.83. The Balaban J connectivity index is 1.68. The molecule has 0 fully saturated rings. The molecular weight excluding hydrogens is 432 g/mol. The van der Waals surface area contributed by atoms with E-state index in [9.17, 15) is 0 Å². The van der Waals surface area contributed by atoms with Gasteiger partial charge in [-0.25, -0.2) is 0 Å². The van der Waals surface area contributed by atoms with Crippen LogP contribution >= 0.6 is 0 Å². The molecule has 0 radical (unpaired) electrons. The Labute approximate surface area is 211 Å². The summed E-state index contributed by atoms with van der Waals surface area (Å²) in [4.78, 5) is 0. The third-order valence-electron chi connectivity index (χ3n) is 7.68. The van der Waals surface area contributed by atoms with Crippen LogP contribution in [0.3, 0.4) is 0 Å². The van der Waals surface area contributed by atoms with E-state index in [1.54, 1.807) is 0 Å². The Morgan fingerprint density at radius 1 is 0.583 bits per heavy atom. The molecule has 0 saturated carbocycles. The number of hydrogen-bond donors (Lipinski definition) is 0. The second-order valence-corrected chi connectivity index (χ2v) is 9.74. The van der Waals surface area contributed by atoms with Gasteiger partial charge in [0, 0.05) is 5.92 Å². The van der Waals surface area contributed by atoms with Crippen LogP contribution in [0.5, 0.6) is 0 Å². The summed E-state index contributed by atoms with van der Waals surface area (Å²) >= 11 is 0. The molecule has 5 aromatic carbocycles. The monoisotopic (exact) mass is 458 g/mol. The van der Waals surface area contributed by atoms with Crippen molar-refractivity contribution in [2.45, 2.75) is 12.8 Å². The van der Waals surface area contributed by atoms with Gasteiger partial charge in [-0.1, -0.05) is 127 Å². The highest BCUT2D eigenvalue weighted by Crippen LogP contribution is 2.39. The van der Waals surface area contributed by atoms with Gasteiger partial charge in [0.1, 0.15) is 0 Å². The molecular formula is C36H26. The molecule has 36 heavy (non-hydrogen) atoms. The summed E-state index contributed by atoms with van der Waals surface area (Å²) in [6.45, 7) is 2.25. The van der Waals surface area contributed by atoms with Gasteiger partial charge in [0.05, 0.1) is 0 Å². The van der Waals surface area contributed by atoms with Crippen molar-refractivity contribution in [3.05, 3.63) is 181 Å². The van der Waals surface area contributed by atoms with Crippen LogP contribution in [0.15, 0.2) is 121 Å². The number of aryl methyl sites for hydroxylation is 1. The second-order valence-electron chi connectivity index (χ2n) is 9.74. The van der Waals surface area contributed by atoms with Gasteiger partial charge in [0.15, 0.2) is 0 Å². The minimum atomic E-state index is 0.208. The van der Waals surface area contributed by atoms with Gasteiger partial charge in [0.2, 0.25) is 0 Å². The molecule has 2 aliphatic carbocycles. The Kier molecular flexibility index (Phi) is 4.85. The van der Waals surface area contributed by atoms with Crippen LogP contribution in [0.1, 0.15) is 44.9 Å². The van der Waals surface area contributed by atoms with Crippen LogP contribution in [0.25, 0.3) is 17.7 Å². The summed E-state index contributed by atoms with van der Waals surface area (Å²) in [6.07, 6.45) is 7.12. The maximum absolute atomic E-state index is 2.40. The van der Waals surface area contributed by atoms with Crippen LogP contribution in [-0.4, -0.2) is 0 Å². The molecule has 0 aromatic heterocycles. The summed E-state index contributed by atoms with van der Waals surface area (Å²) in [7, 11) is 0. The average Bonchev–Trinajstić information content (AvgIpc) is 3.52. The molecule has 2 aliphatic rings. The van der Waals surface area contributed by atoms with E-state index in [1.165, 1.54) is 65.4 Å². The molecule has 0 N–H and O–H groups in total. The zero-order chi connectivity index (χ0) is 24.1. The zero-order valence-corrected chi connectivity index (χ0v) is 20.3. The van der Waals surface area contributed by atoms with Crippen molar-refractivity contribution in [2.75, 3.05) is 0 Å². The quantitative estimate of drug-likeness (QED) is 0.273. The lowest BCUT2D eigenvalue weighted by Gasteiger charge is -2.20. The summed E-state index contributed by atoms with van der Waals surface area (Å²) in [5.41, 5.74) is 10.6. The SMILES string of the molecule is Cc1cccc2c1C(c1c3c(ccc1=C(c1ccccc1)c1ccccc1)=c1ccccc1=C3)C=C2. The number of rotatable bonds is 3. The molecule has 7 rings (SSSR count). The van der Waals surface area contributed by atoms with Crippen LogP contribution in [0.4, 0.5) is 0 Å². The molecule has 170 valence electrons. The molecule has 0 heteroatoms. The minimum absolute atomic E-state index is 0.208. The molecule has 0 amide bonds. The highest BCUT2D eigenvalue weighted by atomic mass is 14.3. The smallest absolute Gasteiger partial charge is 0.0293 e. The van der Waals surface area contributed by atoms with E-state index in [2.05, 4.69) is 140 Å². The summed E-state index contributed by atoms with van der Waals surface area (Å²) < 4.78 is 0. The number of benzene rings is 5. The third-order valence-corrected chi connectivity index (χ3v) is 7.68. The number of hydrogen-bond acceptors (Lipinski definition) is 0. The first-order chi connectivity index (χ1) is 17.8. The molecule has 1 unspecified atom stereocenters. The largest absolute Gasteiger partial charge is 0.0720 e. The van der Waals surface area contributed by atoms with Gasteiger partial charge in [-0.05, 0) is 78.4 Å². The van der Waals surface area contributed by atoms with Crippen LogP contribution < -0.4 is 10.4 Å². The normalized spacial score (nSPS) is 14.6. The fourth-order valence-electron chi connectivity index (χ4n) is 6.10. The number of fused-ring (bicyclic) bond motifs is 3. The van der Waals surface area contributed by atoms with Gasteiger partial charge < -0.3 is 0 Å². The Bertz CT molecular complexity index is 1830. The lowest BCUT2D eigenvalue weighted by atomic mass is 9.83. The lowest BCUT2D eigenvalue weighted by Crippen LogP contribution is -2.20. The van der Waals surface area contributed by atoms with Crippen LogP contribution in [0.2, 0.25) is 0 Å².